The average molecular weight is 358 g/mol. The minimum atomic E-state index is 0.111. The molecule has 4 rings (SSSR count). The van der Waals surface area contributed by atoms with Gasteiger partial charge in [0.05, 0.1) is 24.9 Å². The van der Waals surface area contributed by atoms with Crippen LogP contribution in [0.5, 0.6) is 0 Å². The van der Waals surface area contributed by atoms with Crippen LogP contribution in [0.1, 0.15) is 24.1 Å². The second-order valence-electron chi connectivity index (χ2n) is 6.56. The van der Waals surface area contributed by atoms with Crippen molar-refractivity contribution >= 4 is 11.7 Å². The number of rotatable bonds is 5. The Morgan fingerprint density at radius 1 is 1.31 bits per heavy atom. The number of tetrazole rings is 1. The van der Waals surface area contributed by atoms with Crippen LogP contribution in [0.2, 0.25) is 0 Å². The van der Waals surface area contributed by atoms with Crippen molar-refractivity contribution in [3.8, 4) is 0 Å². The van der Waals surface area contributed by atoms with Crippen LogP contribution in [0.15, 0.2) is 12.7 Å². The van der Waals surface area contributed by atoms with E-state index in [0.717, 1.165) is 42.9 Å². The molecule has 138 valence electrons. The molecule has 10 heteroatoms. The number of nitrogens with one attached hydrogen (secondary N) is 1. The average Bonchev–Trinajstić information content (AvgIpc) is 3.31. The summed E-state index contributed by atoms with van der Waals surface area (Å²) in [6.45, 7) is 3.33. The van der Waals surface area contributed by atoms with Crippen LogP contribution < -0.4 is 5.32 Å². The lowest BCUT2D eigenvalue weighted by atomic mass is 10.1. The molecule has 0 spiro atoms. The predicted molar refractivity (Wildman–Crippen MR) is 91.3 cm³/mol. The van der Waals surface area contributed by atoms with E-state index in [1.54, 1.807) is 11.0 Å². The van der Waals surface area contributed by atoms with Crippen molar-refractivity contribution < 1.29 is 9.53 Å². The number of carbonyl (C=O) groups is 1. The third-order valence-corrected chi connectivity index (χ3v) is 4.85. The molecular weight excluding hydrogens is 336 g/mol. The van der Waals surface area contributed by atoms with Crippen molar-refractivity contribution in [1.82, 2.24) is 35.1 Å². The smallest absolute Gasteiger partial charge is 0.224 e. The lowest BCUT2D eigenvalue weighted by Crippen LogP contribution is -2.33. The fourth-order valence-corrected chi connectivity index (χ4v) is 3.39. The number of hydrogen-bond acceptors (Lipinski definition) is 8. The zero-order chi connectivity index (χ0) is 17.8. The van der Waals surface area contributed by atoms with E-state index in [9.17, 15) is 4.79 Å². The van der Waals surface area contributed by atoms with Crippen LogP contribution in [-0.4, -0.2) is 73.3 Å². The van der Waals surface area contributed by atoms with Gasteiger partial charge in [0.2, 0.25) is 5.91 Å². The van der Waals surface area contributed by atoms with Gasteiger partial charge in [-0.3, -0.25) is 4.79 Å². The van der Waals surface area contributed by atoms with Crippen molar-refractivity contribution in [1.29, 1.82) is 0 Å². The third kappa shape index (κ3) is 3.79. The zero-order valence-corrected chi connectivity index (χ0v) is 14.5. The number of anilines is 1. The number of ether oxygens (including phenoxy) is 1. The monoisotopic (exact) mass is 358 g/mol. The largest absolute Gasteiger partial charge is 0.379 e. The molecule has 1 N–H and O–H groups in total. The number of carbonyl (C=O) groups excluding carboxylic acids is 1. The summed E-state index contributed by atoms with van der Waals surface area (Å²) in [5.41, 5.74) is 2.15. The molecule has 1 atom stereocenters. The molecule has 2 aliphatic rings. The molecule has 4 heterocycles. The van der Waals surface area contributed by atoms with Gasteiger partial charge in [-0.15, -0.1) is 5.10 Å². The molecule has 2 aliphatic heterocycles. The van der Waals surface area contributed by atoms with Crippen LogP contribution in [0.3, 0.4) is 0 Å². The number of amides is 1. The van der Waals surface area contributed by atoms with E-state index < -0.39 is 0 Å². The lowest BCUT2D eigenvalue weighted by Gasteiger charge is -2.20. The van der Waals surface area contributed by atoms with E-state index in [2.05, 4.69) is 30.8 Å². The van der Waals surface area contributed by atoms with Gasteiger partial charge in [0.25, 0.3) is 0 Å². The highest BCUT2D eigenvalue weighted by molar-refractivity contribution is 5.76. The Balaban J connectivity index is 1.39. The summed E-state index contributed by atoms with van der Waals surface area (Å²) in [4.78, 5) is 23.3. The molecule has 26 heavy (non-hydrogen) atoms. The number of aryl methyl sites for hydroxylation is 1. The Kier molecular flexibility index (Phi) is 5.00. The van der Waals surface area contributed by atoms with Crippen LogP contribution in [0.4, 0.5) is 5.82 Å². The summed E-state index contributed by atoms with van der Waals surface area (Å²) in [5, 5.41) is 14.4. The van der Waals surface area contributed by atoms with Gasteiger partial charge < -0.3 is 15.0 Å². The maximum absolute atomic E-state index is 12.5. The van der Waals surface area contributed by atoms with Gasteiger partial charge in [0, 0.05) is 38.1 Å². The van der Waals surface area contributed by atoms with Crippen molar-refractivity contribution in [3.63, 3.8) is 0 Å². The van der Waals surface area contributed by atoms with Gasteiger partial charge in [-0.1, -0.05) is 0 Å². The molecular formula is C16H22N8O2. The Labute approximate surface area is 150 Å². The maximum Gasteiger partial charge on any atom is 0.224 e. The van der Waals surface area contributed by atoms with Gasteiger partial charge in [0.15, 0.2) is 0 Å². The third-order valence-electron chi connectivity index (χ3n) is 4.85. The Hall–Kier alpha value is -2.62. The molecule has 0 saturated carbocycles. The van der Waals surface area contributed by atoms with Crippen molar-refractivity contribution in [2.75, 3.05) is 31.6 Å². The number of hydrogen-bond donors (Lipinski definition) is 1. The first-order valence-corrected chi connectivity index (χ1v) is 8.95. The fourth-order valence-electron chi connectivity index (χ4n) is 3.39. The molecule has 0 aliphatic carbocycles. The number of fused-ring (bicyclic) bond motifs is 1. The Morgan fingerprint density at radius 3 is 3.04 bits per heavy atom. The van der Waals surface area contributed by atoms with Gasteiger partial charge in [-0.25, -0.2) is 14.6 Å². The normalized spacial score (nSPS) is 19.8. The minimum absolute atomic E-state index is 0.111. The van der Waals surface area contributed by atoms with Gasteiger partial charge in [-0.05, 0) is 23.3 Å². The van der Waals surface area contributed by atoms with Crippen molar-refractivity contribution in [3.05, 3.63) is 23.9 Å². The zero-order valence-electron chi connectivity index (χ0n) is 14.5. The number of aromatic nitrogens is 6. The highest BCUT2D eigenvalue weighted by Gasteiger charge is 2.23. The first kappa shape index (κ1) is 16.8. The van der Waals surface area contributed by atoms with E-state index in [4.69, 9.17) is 4.74 Å². The fraction of sp³-hybridized carbons (Fsp3) is 0.625. The molecule has 0 bridgehead atoms. The van der Waals surface area contributed by atoms with E-state index in [1.807, 2.05) is 4.90 Å². The van der Waals surface area contributed by atoms with Crippen LogP contribution >= 0.6 is 0 Å². The molecule has 0 radical (unpaired) electrons. The SMILES string of the molecule is O=C(CCn1cnnn1)N1CCc2ncnc(N[C@@H]3CCOC3)c2CC1. The molecule has 10 nitrogen and oxygen atoms in total. The molecule has 0 aromatic carbocycles. The van der Waals surface area contributed by atoms with E-state index in [-0.39, 0.29) is 5.91 Å². The second kappa shape index (κ2) is 7.73. The van der Waals surface area contributed by atoms with Crippen molar-refractivity contribution in [2.45, 2.75) is 38.3 Å². The predicted octanol–water partition coefficient (Wildman–Crippen LogP) is -0.319. The minimum Gasteiger partial charge on any atom is -0.379 e. The van der Waals surface area contributed by atoms with Crippen LogP contribution in [0.25, 0.3) is 0 Å². The number of nitrogens with zero attached hydrogens (tertiary/aromatic N) is 7. The molecule has 0 unspecified atom stereocenters. The summed E-state index contributed by atoms with van der Waals surface area (Å²) in [6.07, 6.45) is 5.99. The van der Waals surface area contributed by atoms with E-state index in [1.165, 1.54) is 6.33 Å². The van der Waals surface area contributed by atoms with E-state index >= 15 is 0 Å². The molecule has 1 amide bonds. The summed E-state index contributed by atoms with van der Waals surface area (Å²) in [7, 11) is 0. The van der Waals surface area contributed by atoms with Gasteiger partial charge in [0.1, 0.15) is 18.5 Å². The highest BCUT2D eigenvalue weighted by Crippen LogP contribution is 2.22. The summed E-state index contributed by atoms with van der Waals surface area (Å²) in [5.74, 6) is 0.994. The van der Waals surface area contributed by atoms with Gasteiger partial charge >= 0.3 is 0 Å². The summed E-state index contributed by atoms with van der Waals surface area (Å²) in [6, 6.07) is 0.297. The summed E-state index contributed by atoms with van der Waals surface area (Å²) < 4.78 is 7.00. The van der Waals surface area contributed by atoms with Crippen molar-refractivity contribution in [2.24, 2.45) is 0 Å². The topological polar surface area (TPSA) is 111 Å². The second-order valence-corrected chi connectivity index (χ2v) is 6.56. The standard InChI is InChI=1S/C16H22N8O2/c25-15(3-7-24-11-19-21-22-24)23-5-1-13-14(2-6-23)17-10-18-16(13)20-12-4-8-26-9-12/h10-12H,1-9H2,(H,17,18,20)/t12-/m1/s1. The van der Waals surface area contributed by atoms with Crippen LogP contribution in [-0.2, 0) is 28.9 Å². The lowest BCUT2D eigenvalue weighted by molar-refractivity contribution is -0.131. The maximum atomic E-state index is 12.5. The first-order valence-electron chi connectivity index (χ1n) is 8.95. The molecule has 1 fully saturated rings. The summed E-state index contributed by atoms with van der Waals surface area (Å²) >= 11 is 0. The molecule has 2 aromatic rings. The Morgan fingerprint density at radius 2 is 2.23 bits per heavy atom. The van der Waals surface area contributed by atoms with E-state index in [0.29, 0.717) is 38.7 Å². The first-order chi connectivity index (χ1) is 12.8. The highest BCUT2D eigenvalue weighted by atomic mass is 16.5. The van der Waals surface area contributed by atoms with Crippen LogP contribution in [0, 0.1) is 0 Å². The molecule has 1 saturated heterocycles. The Bertz CT molecular complexity index is 745. The molecule has 2 aromatic heterocycles. The quantitative estimate of drug-likeness (QED) is 0.774. The van der Waals surface area contributed by atoms with Gasteiger partial charge in [-0.2, -0.15) is 0 Å².